The Morgan fingerprint density at radius 3 is 2.54 bits per heavy atom. The number of nitrogens with one attached hydrogen (secondary N) is 2. The molecular weight excluding hydrogens is 416 g/mol. The van der Waals surface area contributed by atoms with E-state index in [0.717, 1.165) is 38.3 Å². The summed E-state index contributed by atoms with van der Waals surface area (Å²) in [7, 11) is 0. The Labute approximate surface area is 169 Å². The van der Waals surface area contributed by atoms with E-state index in [9.17, 15) is 18.0 Å². The summed E-state index contributed by atoms with van der Waals surface area (Å²) in [4.78, 5) is 19.8. The molecule has 0 saturated heterocycles. The fourth-order valence-electron chi connectivity index (χ4n) is 3.06. The Balaban J connectivity index is 1.87. The molecule has 0 bridgehead atoms. The van der Waals surface area contributed by atoms with Gasteiger partial charge in [-0.25, -0.2) is 9.97 Å². The lowest BCUT2D eigenvalue weighted by Crippen LogP contribution is -2.37. The van der Waals surface area contributed by atoms with Crippen LogP contribution in [-0.2, 0) is 6.18 Å². The fourth-order valence-corrected chi connectivity index (χ4v) is 3.40. The summed E-state index contributed by atoms with van der Waals surface area (Å²) < 4.78 is 40.5. The van der Waals surface area contributed by atoms with Crippen LogP contribution in [0.1, 0.15) is 48.2 Å². The topological polar surface area (TPSA) is 66.9 Å². The lowest BCUT2D eigenvalue weighted by molar-refractivity contribution is -0.141. The van der Waals surface area contributed by atoms with Gasteiger partial charge >= 0.3 is 6.18 Å². The number of nitrogens with zero attached hydrogens (tertiary/aromatic N) is 2. The van der Waals surface area contributed by atoms with Crippen molar-refractivity contribution in [2.75, 3.05) is 5.32 Å². The second kappa shape index (κ2) is 8.53. The first kappa shape index (κ1) is 20.7. The molecule has 1 fully saturated rings. The lowest BCUT2D eigenvalue weighted by Gasteiger charge is -2.23. The third kappa shape index (κ3) is 4.86. The molecule has 150 valence electrons. The van der Waals surface area contributed by atoms with Crippen LogP contribution in [0.5, 0.6) is 0 Å². The van der Waals surface area contributed by atoms with Gasteiger partial charge in [-0.15, -0.1) is 0 Å². The SMILES string of the molecule is O=C(NC1CCCCC1)c1cnc(Nc2cccc(Cl)c2Cl)nc1C(F)(F)F. The highest BCUT2D eigenvalue weighted by Gasteiger charge is 2.38. The number of hydrogen-bond donors (Lipinski definition) is 2. The predicted molar refractivity (Wildman–Crippen MR) is 101 cm³/mol. The number of amides is 1. The molecule has 1 aliphatic carbocycles. The van der Waals surface area contributed by atoms with Gasteiger partial charge in [0.05, 0.1) is 21.3 Å². The predicted octanol–water partition coefficient (Wildman–Crippen LogP) is 5.61. The molecule has 1 aromatic carbocycles. The highest BCUT2D eigenvalue weighted by atomic mass is 35.5. The zero-order chi connectivity index (χ0) is 20.3. The van der Waals surface area contributed by atoms with Crippen molar-refractivity contribution in [3.8, 4) is 0 Å². The summed E-state index contributed by atoms with van der Waals surface area (Å²) in [5.74, 6) is -1.17. The first-order valence-electron chi connectivity index (χ1n) is 8.72. The van der Waals surface area contributed by atoms with Gasteiger partial charge in [0.2, 0.25) is 5.95 Å². The molecule has 1 saturated carbocycles. The Hall–Kier alpha value is -2.06. The molecule has 5 nitrogen and oxygen atoms in total. The molecule has 0 radical (unpaired) electrons. The van der Waals surface area contributed by atoms with E-state index >= 15 is 0 Å². The number of anilines is 2. The number of aromatic nitrogens is 2. The minimum absolute atomic E-state index is 0.125. The molecule has 0 spiro atoms. The highest BCUT2D eigenvalue weighted by Crippen LogP contribution is 2.34. The number of carbonyl (C=O) groups excluding carboxylic acids is 1. The van der Waals surface area contributed by atoms with Gasteiger partial charge in [-0.05, 0) is 25.0 Å². The Kier molecular flexibility index (Phi) is 6.30. The molecular formula is C18H17Cl2F3N4O. The quantitative estimate of drug-likeness (QED) is 0.658. The average Bonchev–Trinajstić information content (AvgIpc) is 2.65. The van der Waals surface area contributed by atoms with Crippen molar-refractivity contribution in [2.45, 2.75) is 44.3 Å². The van der Waals surface area contributed by atoms with Crippen LogP contribution in [0.4, 0.5) is 24.8 Å². The molecule has 1 heterocycles. The average molecular weight is 433 g/mol. The first-order chi connectivity index (χ1) is 13.3. The molecule has 0 atom stereocenters. The largest absolute Gasteiger partial charge is 0.434 e. The number of benzene rings is 1. The number of carbonyl (C=O) groups is 1. The zero-order valence-corrected chi connectivity index (χ0v) is 16.1. The Morgan fingerprint density at radius 1 is 1.14 bits per heavy atom. The highest BCUT2D eigenvalue weighted by molar-refractivity contribution is 6.43. The van der Waals surface area contributed by atoms with Gasteiger partial charge in [-0.3, -0.25) is 4.79 Å². The van der Waals surface area contributed by atoms with Crippen molar-refractivity contribution in [1.29, 1.82) is 0 Å². The van der Waals surface area contributed by atoms with Gasteiger partial charge in [0, 0.05) is 12.2 Å². The van der Waals surface area contributed by atoms with Gasteiger partial charge in [0.1, 0.15) is 0 Å². The minimum Gasteiger partial charge on any atom is -0.349 e. The third-order valence-electron chi connectivity index (χ3n) is 4.44. The van der Waals surface area contributed by atoms with Crippen LogP contribution >= 0.6 is 23.2 Å². The van der Waals surface area contributed by atoms with Crippen molar-refractivity contribution in [1.82, 2.24) is 15.3 Å². The first-order valence-corrected chi connectivity index (χ1v) is 9.47. The molecule has 3 rings (SSSR count). The maximum atomic E-state index is 13.5. The Morgan fingerprint density at radius 2 is 1.86 bits per heavy atom. The molecule has 10 heteroatoms. The van der Waals surface area contributed by atoms with Crippen LogP contribution in [0.25, 0.3) is 0 Å². The van der Waals surface area contributed by atoms with Crippen molar-refractivity contribution >= 4 is 40.7 Å². The Bertz CT molecular complexity index is 870. The molecule has 1 aromatic heterocycles. The molecule has 2 aromatic rings. The minimum atomic E-state index is -4.82. The summed E-state index contributed by atoms with van der Waals surface area (Å²) in [6.45, 7) is 0. The molecule has 1 amide bonds. The van der Waals surface area contributed by atoms with Crippen LogP contribution in [0.3, 0.4) is 0 Å². The van der Waals surface area contributed by atoms with Crippen LogP contribution in [0.2, 0.25) is 10.0 Å². The van der Waals surface area contributed by atoms with Gasteiger partial charge < -0.3 is 10.6 Å². The number of hydrogen-bond acceptors (Lipinski definition) is 4. The summed E-state index contributed by atoms with van der Waals surface area (Å²) in [5.41, 5.74) is -1.67. The van der Waals surface area contributed by atoms with Gasteiger partial charge in [0.25, 0.3) is 5.91 Å². The maximum absolute atomic E-state index is 13.5. The lowest BCUT2D eigenvalue weighted by atomic mass is 9.95. The van der Waals surface area contributed by atoms with E-state index in [1.54, 1.807) is 6.07 Å². The molecule has 2 N–H and O–H groups in total. The van der Waals surface area contributed by atoms with Gasteiger partial charge in [-0.1, -0.05) is 48.5 Å². The van der Waals surface area contributed by atoms with Crippen molar-refractivity contribution in [2.24, 2.45) is 0 Å². The second-order valence-corrected chi connectivity index (χ2v) is 7.27. The van der Waals surface area contributed by atoms with E-state index in [1.807, 2.05) is 0 Å². The second-order valence-electron chi connectivity index (χ2n) is 6.49. The van der Waals surface area contributed by atoms with E-state index in [-0.39, 0.29) is 27.7 Å². The van der Waals surface area contributed by atoms with E-state index in [0.29, 0.717) is 0 Å². The molecule has 0 unspecified atom stereocenters. The van der Waals surface area contributed by atoms with Gasteiger partial charge in [0.15, 0.2) is 5.69 Å². The summed E-state index contributed by atoms with van der Waals surface area (Å²) in [5, 5.41) is 5.61. The number of rotatable bonds is 4. The molecule has 28 heavy (non-hydrogen) atoms. The molecule has 1 aliphatic rings. The van der Waals surface area contributed by atoms with Crippen molar-refractivity contribution in [3.05, 3.63) is 45.7 Å². The molecule has 0 aliphatic heterocycles. The van der Waals surface area contributed by atoms with Crippen LogP contribution in [-0.4, -0.2) is 21.9 Å². The smallest absolute Gasteiger partial charge is 0.349 e. The third-order valence-corrected chi connectivity index (χ3v) is 5.26. The van der Waals surface area contributed by atoms with Crippen LogP contribution < -0.4 is 10.6 Å². The van der Waals surface area contributed by atoms with E-state index in [2.05, 4.69) is 20.6 Å². The van der Waals surface area contributed by atoms with Crippen LogP contribution in [0.15, 0.2) is 24.4 Å². The fraction of sp³-hybridized carbons (Fsp3) is 0.389. The van der Waals surface area contributed by atoms with Crippen molar-refractivity contribution < 1.29 is 18.0 Å². The summed E-state index contributed by atoms with van der Waals surface area (Å²) in [6, 6.07) is 4.50. The maximum Gasteiger partial charge on any atom is 0.434 e. The summed E-state index contributed by atoms with van der Waals surface area (Å²) in [6.07, 6.45) is 0.497. The normalized spacial score (nSPS) is 15.3. The van der Waals surface area contributed by atoms with E-state index < -0.39 is 23.3 Å². The monoisotopic (exact) mass is 432 g/mol. The van der Waals surface area contributed by atoms with E-state index in [4.69, 9.17) is 23.2 Å². The van der Waals surface area contributed by atoms with Crippen LogP contribution in [0, 0.1) is 0 Å². The number of alkyl halides is 3. The summed E-state index contributed by atoms with van der Waals surface area (Å²) >= 11 is 11.9. The standard InChI is InChI=1S/C18H17Cl2F3N4O/c19-12-7-4-8-13(14(12)20)26-17-24-9-11(15(27-17)18(21,22)23)16(28)25-10-5-2-1-3-6-10/h4,7-10H,1-3,5-6H2,(H,25,28)(H,24,26,27). The van der Waals surface area contributed by atoms with E-state index in [1.165, 1.54) is 12.1 Å². The zero-order valence-electron chi connectivity index (χ0n) is 14.6. The van der Waals surface area contributed by atoms with Gasteiger partial charge in [-0.2, -0.15) is 13.2 Å². The van der Waals surface area contributed by atoms with Crippen molar-refractivity contribution in [3.63, 3.8) is 0 Å². The number of halogens is 5.